The SMILES string of the molecule is CCC(C)CS(=O)(=O)CC(CBr)C(C)C. The van der Waals surface area contributed by atoms with Gasteiger partial charge in [0.15, 0.2) is 9.84 Å². The quantitative estimate of drug-likeness (QED) is 0.677. The summed E-state index contributed by atoms with van der Waals surface area (Å²) in [5.41, 5.74) is 0. The molecule has 4 heteroatoms. The lowest BCUT2D eigenvalue weighted by atomic mass is 10.0. The van der Waals surface area contributed by atoms with Gasteiger partial charge in [-0.2, -0.15) is 0 Å². The van der Waals surface area contributed by atoms with Gasteiger partial charge in [0, 0.05) is 5.33 Å². The molecule has 0 aromatic rings. The van der Waals surface area contributed by atoms with Gasteiger partial charge in [-0.15, -0.1) is 0 Å². The summed E-state index contributed by atoms with van der Waals surface area (Å²) in [7, 11) is -2.88. The van der Waals surface area contributed by atoms with Crippen LogP contribution in [-0.4, -0.2) is 25.3 Å². The fraction of sp³-hybridized carbons (Fsp3) is 1.00. The lowest BCUT2D eigenvalue weighted by Crippen LogP contribution is -2.26. The van der Waals surface area contributed by atoms with E-state index < -0.39 is 9.84 Å². The van der Waals surface area contributed by atoms with Crippen LogP contribution < -0.4 is 0 Å². The van der Waals surface area contributed by atoms with Crippen molar-refractivity contribution in [2.45, 2.75) is 34.1 Å². The first-order valence-corrected chi connectivity index (χ1v) is 8.53. The Labute approximate surface area is 103 Å². The Morgan fingerprint density at radius 3 is 2.00 bits per heavy atom. The highest BCUT2D eigenvalue weighted by Gasteiger charge is 2.22. The molecule has 0 aliphatic heterocycles. The van der Waals surface area contributed by atoms with E-state index in [4.69, 9.17) is 0 Å². The van der Waals surface area contributed by atoms with Crippen LogP contribution in [0.2, 0.25) is 0 Å². The van der Waals surface area contributed by atoms with Crippen LogP contribution >= 0.6 is 15.9 Å². The minimum atomic E-state index is -2.88. The lowest BCUT2D eigenvalue weighted by molar-refractivity contribution is 0.459. The van der Waals surface area contributed by atoms with Crippen LogP contribution in [0.1, 0.15) is 34.1 Å². The minimum absolute atomic E-state index is 0.235. The summed E-state index contributed by atoms with van der Waals surface area (Å²) in [6, 6.07) is 0. The molecule has 2 atom stereocenters. The van der Waals surface area contributed by atoms with Gasteiger partial charge in [0.05, 0.1) is 11.5 Å². The predicted molar refractivity (Wildman–Crippen MR) is 70.2 cm³/mol. The fourth-order valence-corrected chi connectivity index (χ4v) is 5.03. The van der Waals surface area contributed by atoms with Crippen molar-refractivity contribution < 1.29 is 8.42 Å². The number of rotatable bonds is 7. The van der Waals surface area contributed by atoms with E-state index in [9.17, 15) is 8.42 Å². The Balaban J connectivity index is 4.36. The number of hydrogen-bond donors (Lipinski definition) is 0. The molecule has 0 bridgehead atoms. The molecule has 2 unspecified atom stereocenters. The summed E-state index contributed by atoms with van der Waals surface area (Å²) in [6.45, 7) is 8.18. The van der Waals surface area contributed by atoms with Crippen LogP contribution in [0.25, 0.3) is 0 Å². The summed E-state index contributed by atoms with van der Waals surface area (Å²) in [5.74, 6) is 1.58. The predicted octanol–water partition coefficient (Wildman–Crippen LogP) is 3.11. The Hall–Kier alpha value is 0.430. The molecule has 0 amide bonds. The van der Waals surface area contributed by atoms with Crippen LogP contribution in [0.5, 0.6) is 0 Å². The molecule has 15 heavy (non-hydrogen) atoms. The zero-order valence-electron chi connectivity index (χ0n) is 10.2. The highest BCUT2D eigenvalue weighted by Crippen LogP contribution is 2.18. The standard InChI is InChI=1S/C11H23BrO2S/c1-5-10(4)7-15(13,14)8-11(6-12)9(2)3/h9-11H,5-8H2,1-4H3. The second-order valence-electron chi connectivity index (χ2n) is 4.75. The van der Waals surface area contributed by atoms with Gasteiger partial charge < -0.3 is 0 Å². The van der Waals surface area contributed by atoms with E-state index in [2.05, 4.69) is 29.8 Å². The van der Waals surface area contributed by atoms with Gasteiger partial charge in [0.2, 0.25) is 0 Å². The number of hydrogen-bond acceptors (Lipinski definition) is 2. The van der Waals surface area contributed by atoms with Crippen molar-refractivity contribution >= 4 is 25.8 Å². The molecule has 0 radical (unpaired) electrons. The summed E-state index contributed by atoms with van der Waals surface area (Å²) >= 11 is 3.39. The molecule has 0 spiro atoms. The third-order valence-corrected chi connectivity index (χ3v) is 5.69. The van der Waals surface area contributed by atoms with Gasteiger partial charge in [-0.1, -0.05) is 50.0 Å². The third-order valence-electron chi connectivity index (χ3n) is 2.84. The first kappa shape index (κ1) is 15.4. The molecule has 0 saturated heterocycles. The lowest BCUT2D eigenvalue weighted by Gasteiger charge is -2.19. The van der Waals surface area contributed by atoms with Gasteiger partial charge in [0.25, 0.3) is 0 Å². The van der Waals surface area contributed by atoms with E-state index in [-0.39, 0.29) is 11.8 Å². The molecular formula is C11H23BrO2S. The molecule has 0 aromatic carbocycles. The molecule has 0 aliphatic carbocycles. The highest BCUT2D eigenvalue weighted by molar-refractivity contribution is 9.09. The Morgan fingerprint density at radius 1 is 1.13 bits per heavy atom. The van der Waals surface area contributed by atoms with Crippen molar-refractivity contribution in [1.29, 1.82) is 0 Å². The van der Waals surface area contributed by atoms with Crippen LogP contribution in [0.3, 0.4) is 0 Å². The summed E-state index contributed by atoms with van der Waals surface area (Å²) in [6.07, 6.45) is 0.930. The summed E-state index contributed by atoms with van der Waals surface area (Å²) in [4.78, 5) is 0. The van der Waals surface area contributed by atoms with Crippen molar-refractivity contribution in [2.24, 2.45) is 17.8 Å². The average Bonchev–Trinajstić information content (AvgIpc) is 2.13. The second-order valence-corrected chi connectivity index (χ2v) is 7.55. The maximum Gasteiger partial charge on any atom is 0.150 e. The molecule has 92 valence electrons. The van der Waals surface area contributed by atoms with Gasteiger partial charge in [-0.25, -0.2) is 8.42 Å². The van der Waals surface area contributed by atoms with Gasteiger partial charge in [-0.3, -0.25) is 0 Å². The molecule has 0 aromatic heterocycles. The second kappa shape index (κ2) is 6.89. The van der Waals surface area contributed by atoms with E-state index in [1.54, 1.807) is 0 Å². The maximum absolute atomic E-state index is 11.9. The zero-order chi connectivity index (χ0) is 12.1. The summed E-state index contributed by atoms with van der Waals surface area (Å²) in [5, 5.41) is 0.768. The Bertz CT molecular complexity index is 260. The first-order valence-electron chi connectivity index (χ1n) is 5.58. The fourth-order valence-electron chi connectivity index (χ4n) is 1.36. The highest BCUT2D eigenvalue weighted by atomic mass is 79.9. The van der Waals surface area contributed by atoms with Gasteiger partial charge >= 0.3 is 0 Å². The molecule has 0 aliphatic rings. The van der Waals surface area contributed by atoms with Crippen molar-refractivity contribution in [1.82, 2.24) is 0 Å². The normalized spacial score (nSPS) is 16.7. The molecular weight excluding hydrogens is 276 g/mol. The monoisotopic (exact) mass is 298 g/mol. The minimum Gasteiger partial charge on any atom is -0.229 e. The van der Waals surface area contributed by atoms with Crippen molar-refractivity contribution in [2.75, 3.05) is 16.8 Å². The van der Waals surface area contributed by atoms with Gasteiger partial charge in [0.1, 0.15) is 0 Å². The Kier molecular flexibility index (Phi) is 7.09. The topological polar surface area (TPSA) is 34.1 Å². The molecule has 0 heterocycles. The Morgan fingerprint density at radius 2 is 1.67 bits per heavy atom. The first-order chi connectivity index (χ1) is 6.82. The molecule has 0 fully saturated rings. The smallest absolute Gasteiger partial charge is 0.150 e. The van der Waals surface area contributed by atoms with E-state index in [1.165, 1.54) is 0 Å². The molecule has 0 rings (SSSR count). The average molecular weight is 299 g/mol. The van der Waals surface area contributed by atoms with E-state index >= 15 is 0 Å². The van der Waals surface area contributed by atoms with E-state index in [0.717, 1.165) is 11.8 Å². The van der Waals surface area contributed by atoms with E-state index in [1.807, 2.05) is 13.8 Å². The number of halogens is 1. The van der Waals surface area contributed by atoms with E-state index in [0.29, 0.717) is 17.4 Å². The van der Waals surface area contributed by atoms with Crippen LogP contribution in [-0.2, 0) is 9.84 Å². The van der Waals surface area contributed by atoms with Gasteiger partial charge in [-0.05, 0) is 17.8 Å². The van der Waals surface area contributed by atoms with Crippen molar-refractivity contribution in [3.05, 3.63) is 0 Å². The van der Waals surface area contributed by atoms with Crippen molar-refractivity contribution in [3.63, 3.8) is 0 Å². The van der Waals surface area contributed by atoms with Crippen LogP contribution in [0.4, 0.5) is 0 Å². The molecule has 0 N–H and O–H groups in total. The third kappa shape index (κ3) is 6.56. The number of alkyl halides is 1. The number of sulfone groups is 1. The largest absolute Gasteiger partial charge is 0.229 e. The summed E-state index contributed by atoms with van der Waals surface area (Å²) < 4.78 is 23.7. The maximum atomic E-state index is 11.9. The van der Waals surface area contributed by atoms with Crippen molar-refractivity contribution in [3.8, 4) is 0 Å². The molecule has 2 nitrogen and oxygen atoms in total. The van der Waals surface area contributed by atoms with Crippen LogP contribution in [0.15, 0.2) is 0 Å². The zero-order valence-corrected chi connectivity index (χ0v) is 12.6. The van der Waals surface area contributed by atoms with Crippen LogP contribution in [0, 0.1) is 17.8 Å². The molecule has 0 saturated carbocycles.